The molecule has 1 heterocycles. The summed E-state index contributed by atoms with van der Waals surface area (Å²) in [4.78, 5) is 15.3. The molecule has 1 aromatic heterocycles. The average molecular weight is 261 g/mol. The normalized spacial score (nSPS) is 11.1. The molecule has 1 amide bonds. The molecule has 0 saturated heterocycles. The van der Waals surface area contributed by atoms with Gasteiger partial charge in [-0.05, 0) is 32.9 Å². The summed E-state index contributed by atoms with van der Waals surface area (Å²) >= 11 is 5.50. The highest BCUT2D eigenvalue weighted by Gasteiger charge is 2.16. The van der Waals surface area contributed by atoms with E-state index in [2.05, 4.69) is 10.3 Å². The number of amides is 1. The number of nitrogens with zero attached hydrogens (tertiary/aromatic N) is 1. The van der Waals surface area contributed by atoms with Crippen LogP contribution in [0.15, 0.2) is 12.1 Å². The maximum absolute atomic E-state index is 13.1. The predicted octanol–water partition coefficient (Wildman–Crippen LogP) is 3.31. The number of rotatable bonds is 2. The van der Waals surface area contributed by atoms with E-state index in [0.717, 1.165) is 0 Å². The molecule has 0 saturated carbocycles. The lowest BCUT2D eigenvalue weighted by Gasteiger charge is -2.19. The molecule has 1 rings (SSSR count). The maximum Gasteiger partial charge on any atom is 0.413 e. The number of alkyl halides is 1. The Morgan fingerprint density at radius 2 is 2.18 bits per heavy atom. The van der Waals surface area contributed by atoms with Gasteiger partial charge in [0.15, 0.2) is 0 Å². The summed E-state index contributed by atoms with van der Waals surface area (Å²) in [5, 5.41) is 2.40. The van der Waals surface area contributed by atoms with Crippen molar-refractivity contribution in [1.82, 2.24) is 4.98 Å². The summed E-state index contributed by atoms with van der Waals surface area (Å²) in [5.41, 5.74) is -0.514. The van der Waals surface area contributed by atoms with Gasteiger partial charge in [-0.1, -0.05) is 0 Å². The summed E-state index contributed by atoms with van der Waals surface area (Å²) in [7, 11) is 0. The fourth-order valence-corrected chi connectivity index (χ4v) is 1.24. The highest BCUT2D eigenvalue weighted by molar-refractivity contribution is 6.16. The van der Waals surface area contributed by atoms with Crippen molar-refractivity contribution in [3.05, 3.63) is 23.6 Å². The summed E-state index contributed by atoms with van der Waals surface area (Å²) < 4.78 is 18.1. The van der Waals surface area contributed by atoms with Crippen molar-refractivity contribution in [2.45, 2.75) is 32.3 Å². The van der Waals surface area contributed by atoms with Gasteiger partial charge in [-0.3, -0.25) is 5.32 Å². The van der Waals surface area contributed by atoms with E-state index < -0.39 is 17.5 Å². The molecule has 0 aliphatic rings. The molecule has 0 fully saturated rings. The number of ether oxygens (including phenoxy) is 1. The third-order valence-electron chi connectivity index (χ3n) is 1.67. The Bertz CT molecular complexity index is 418. The SMILES string of the molecule is CC(C)(C)OC(=O)Nc1ccc(F)c(CCl)n1. The Hall–Kier alpha value is -1.36. The molecular weight excluding hydrogens is 247 g/mol. The molecule has 1 N–H and O–H groups in total. The maximum atomic E-state index is 13.1. The van der Waals surface area contributed by atoms with Crippen LogP contribution in [0.4, 0.5) is 15.0 Å². The molecule has 0 radical (unpaired) electrons. The van der Waals surface area contributed by atoms with Gasteiger partial charge < -0.3 is 4.74 Å². The van der Waals surface area contributed by atoms with Crippen LogP contribution in [-0.4, -0.2) is 16.7 Å². The quantitative estimate of drug-likeness (QED) is 0.830. The van der Waals surface area contributed by atoms with Crippen LogP contribution in [0.2, 0.25) is 0 Å². The fourth-order valence-electron chi connectivity index (χ4n) is 1.06. The second kappa shape index (κ2) is 5.31. The molecule has 0 aliphatic carbocycles. The molecule has 0 aromatic carbocycles. The first-order chi connectivity index (χ1) is 7.81. The Balaban J connectivity index is 2.72. The first kappa shape index (κ1) is 13.7. The van der Waals surface area contributed by atoms with Gasteiger partial charge in [-0.15, -0.1) is 11.6 Å². The van der Waals surface area contributed by atoms with Crippen molar-refractivity contribution < 1.29 is 13.9 Å². The summed E-state index contributed by atoms with van der Waals surface area (Å²) in [6.07, 6.45) is -0.642. The molecule has 0 unspecified atom stereocenters. The first-order valence-electron chi connectivity index (χ1n) is 5.03. The van der Waals surface area contributed by atoms with Crippen LogP contribution >= 0.6 is 11.6 Å². The highest BCUT2D eigenvalue weighted by Crippen LogP contribution is 2.13. The van der Waals surface area contributed by atoms with Gasteiger partial charge in [0.25, 0.3) is 0 Å². The smallest absolute Gasteiger partial charge is 0.413 e. The molecule has 0 spiro atoms. The van der Waals surface area contributed by atoms with Crippen LogP contribution in [0, 0.1) is 5.82 Å². The summed E-state index contributed by atoms with van der Waals surface area (Å²) in [6.45, 7) is 5.23. The minimum atomic E-state index is -0.642. The second-order valence-electron chi connectivity index (χ2n) is 4.39. The van der Waals surface area contributed by atoms with Gasteiger partial charge in [0.1, 0.15) is 17.2 Å². The number of carbonyl (C=O) groups excluding carboxylic acids is 1. The molecule has 0 atom stereocenters. The lowest BCUT2D eigenvalue weighted by atomic mass is 10.2. The summed E-state index contributed by atoms with van der Waals surface area (Å²) in [5.74, 6) is -0.360. The van der Waals surface area contributed by atoms with Crippen molar-refractivity contribution >= 4 is 23.5 Å². The van der Waals surface area contributed by atoms with E-state index in [-0.39, 0.29) is 17.4 Å². The van der Waals surface area contributed by atoms with Crippen LogP contribution in [0.25, 0.3) is 0 Å². The largest absolute Gasteiger partial charge is 0.444 e. The third-order valence-corrected chi connectivity index (χ3v) is 1.93. The Kier molecular flexibility index (Phi) is 4.28. The predicted molar refractivity (Wildman–Crippen MR) is 63.6 cm³/mol. The molecular formula is C11H14ClFN2O2. The van der Waals surface area contributed by atoms with E-state index in [1.807, 2.05) is 0 Å². The molecule has 6 heteroatoms. The molecule has 0 bridgehead atoms. The van der Waals surface area contributed by atoms with Crippen LogP contribution in [0.1, 0.15) is 26.5 Å². The van der Waals surface area contributed by atoms with E-state index in [1.54, 1.807) is 20.8 Å². The standard InChI is InChI=1S/C11H14ClFN2O2/c1-11(2,3)17-10(16)15-9-5-4-7(13)8(6-12)14-9/h4-5H,6H2,1-3H3,(H,14,15,16). The van der Waals surface area contributed by atoms with Crippen molar-refractivity contribution in [1.29, 1.82) is 0 Å². The molecule has 94 valence electrons. The second-order valence-corrected chi connectivity index (χ2v) is 4.65. The molecule has 4 nitrogen and oxygen atoms in total. The zero-order chi connectivity index (χ0) is 13.1. The first-order valence-corrected chi connectivity index (χ1v) is 5.56. The van der Waals surface area contributed by atoms with Crippen molar-refractivity contribution in [2.75, 3.05) is 5.32 Å². The lowest BCUT2D eigenvalue weighted by Crippen LogP contribution is -2.27. The Labute approximate surface area is 104 Å². The number of carbonyl (C=O) groups is 1. The topological polar surface area (TPSA) is 51.2 Å². The Morgan fingerprint density at radius 3 is 2.71 bits per heavy atom. The van der Waals surface area contributed by atoms with Crippen molar-refractivity contribution in [3.63, 3.8) is 0 Å². The van der Waals surface area contributed by atoms with E-state index in [1.165, 1.54) is 12.1 Å². The minimum Gasteiger partial charge on any atom is -0.444 e. The number of aromatic nitrogens is 1. The van der Waals surface area contributed by atoms with Gasteiger partial charge in [0.2, 0.25) is 0 Å². The third kappa shape index (κ3) is 4.56. The minimum absolute atomic E-state index is 0.0598. The number of anilines is 1. The van der Waals surface area contributed by atoms with Gasteiger partial charge in [0.05, 0.1) is 11.6 Å². The monoisotopic (exact) mass is 260 g/mol. The number of pyridine rings is 1. The zero-order valence-electron chi connectivity index (χ0n) is 9.88. The fraction of sp³-hybridized carbons (Fsp3) is 0.455. The van der Waals surface area contributed by atoms with Crippen LogP contribution < -0.4 is 5.32 Å². The number of hydrogen-bond donors (Lipinski definition) is 1. The van der Waals surface area contributed by atoms with E-state index in [9.17, 15) is 9.18 Å². The average Bonchev–Trinajstić information content (AvgIpc) is 2.18. The van der Waals surface area contributed by atoms with Crippen LogP contribution in [0.5, 0.6) is 0 Å². The van der Waals surface area contributed by atoms with Gasteiger partial charge in [-0.25, -0.2) is 14.2 Å². The molecule has 17 heavy (non-hydrogen) atoms. The van der Waals surface area contributed by atoms with Crippen LogP contribution in [0.3, 0.4) is 0 Å². The zero-order valence-corrected chi connectivity index (χ0v) is 10.6. The van der Waals surface area contributed by atoms with Gasteiger partial charge in [-0.2, -0.15) is 0 Å². The van der Waals surface area contributed by atoms with E-state index >= 15 is 0 Å². The van der Waals surface area contributed by atoms with Crippen molar-refractivity contribution in [3.8, 4) is 0 Å². The summed E-state index contributed by atoms with van der Waals surface area (Å²) in [6, 6.07) is 2.53. The number of hydrogen-bond acceptors (Lipinski definition) is 3. The highest BCUT2D eigenvalue weighted by atomic mass is 35.5. The number of halogens is 2. The number of nitrogens with one attached hydrogen (secondary N) is 1. The lowest BCUT2D eigenvalue weighted by molar-refractivity contribution is 0.0635. The molecule has 1 aromatic rings. The van der Waals surface area contributed by atoms with E-state index in [4.69, 9.17) is 16.3 Å². The van der Waals surface area contributed by atoms with Gasteiger partial charge >= 0.3 is 6.09 Å². The van der Waals surface area contributed by atoms with Crippen LogP contribution in [-0.2, 0) is 10.6 Å². The van der Waals surface area contributed by atoms with E-state index in [0.29, 0.717) is 0 Å². The van der Waals surface area contributed by atoms with Crippen molar-refractivity contribution in [2.24, 2.45) is 0 Å². The van der Waals surface area contributed by atoms with Gasteiger partial charge in [0, 0.05) is 0 Å². The Morgan fingerprint density at radius 1 is 1.53 bits per heavy atom. The molecule has 0 aliphatic heterocycles.